The lowest BCUT2D eigenvalue weighted by atomic mass is 10.0. The number of anilines is 2. The first kappa shape index (κ1) is 11.6. The molecule has 0 bridgehead atoms. The average Bonchev–Trinajstić information content (AvgIpc) is 2.83. The Morgan fingerprint density at radius 3 is 2.79 bits per heavy atom. The average molecular weight is 252 g/mol. The Labute approximate surface area is 111 Å². The summed E-state index contributed by atoms with van der Waals surface area (Å²) in [4.78, 5) is 4.43. The maximum Gasteiger partial charge on any atom is 0.145 e. The summed E-state index contributed by atoms with van der Waals surface area (Å²) >= 11 is 0. The lowest BCUT2D eigenvalue weighted by Crippen LogP contribution is -1.91. The van der Waals surface area contributed by atoms with Crippen molar-refractivity contribution in [2.75, 3.05) is 18.1 Å². The second-order valence-corrected chi connectivity index (χ2v) is 4.63. The normalized spacial score (nSPS) is 10.8. The van der Waals surface area contributed by atoms with E-state index in [4.69, 9.17) is 5.73 Å². The first-order chi connectivity index (χ1) is 9.17. The second kappa shape index (κ2) is 4.31. The van der Waals surface area contributed by atoms with Gasteiger partial charge >= 0.3 is 0 Å². The van der Waals surface area contributed by atoms with Crippen molar-refractivity contribution in [3.8, 4) is 11.1 Å². The van der Waals surface area contributed by atoms with Gasteiger partial charge in [0.15, 0.2) is 0 Å². The van der Waals surface area contributed by atoms with Gasteiger partial charge in [-0.3, -0.25) is 0 Å². The predicted octanol–water partition coefficient (Wildman–Crippen LogP) is 2.93. The molecular weight excluding hydrogens is 236 g/mol. The maximum absolute atomic E-state index is 5.87. The highest BCUT2D eigenvalue weighted by Gasteiger charge is 2.05. The van der Waals surface area contributed by atoms with Crippen LogP contribution in [-0.4, -0.2) is 16.4 Å². The SMILES string of the molecule is CNc1cn2cc(-c3cc(N)ccc3C)ccc2n1. The molecule has 0 unspecified atom stereocenters. The molecule has 0 radical (unpaired) electrons. The molecular formula is C15H16N4. The van der Waals surface area contributed by atoms with E-state index < -0.39 is 0 Å². The Bertz CT molecular complexity index is 743. The fraction of sp³-hybridized carbons (Fsp3) is 0.133. The Balaban J connectivity index is 2.16. The molecule has 0 aliphatic carbocycles. The second-order valence-electron chi connectivity index (χ2n) is 4.63. The third kappa shape index (κ3) is 2.01. The van der Waals surface area contributed by atoms with Gasteiger partial charge in [-0.15, -0.1) is 0 Å². The molecule has 19 heavy (non-hydrogen) atoms. The van der Waals surface area contributed by atoms with Gasteiger partial charge in [0.1, 0.15) is 11.5 Å². The van der Waals surface area contributed by atoms with Gasteiger partial charge < -0.3 is 15.5 Å². The van der Waals surface area contributed by atoms with E-state index in [-0.39, 0.29) is 0 Å². The highest BCUT2D eigenvalue weighted by Crippen LogP contribution is 2.26. The quantitative estimate of drug-likeness (QED) is 0.689. The number of benzene rings is 1. The number of rotatable bonds is 2. The van der Waals surface area contributed by atoms with Crippen LogP contribution in [0.2, 0.25) is 0 Å². The van der Waals surface area contributed by atoms with E-state index in [1.807, 2.05) is 41.9 Å². The number of nitrogens with two attached hydrogens (primary N) is 1. The minimum absolute atomic E-state index is 0.780. The summed E-state index contributed by atoms with van der Waals surface area (Å²) in [5.41, 5.74) is 11.1. The van der Waals surface area contributed by atoms with Gasteiger partial charge in [0.25, 0.3) is 0 Å². The van der Waals surface area contributed by atoms with E-state index in [0.717, 1.165) is 28.3 Å². The number of nitrogen functional groups attached to an aromatic ring is 1. The van der Waals surface area contributed by atoms with Crippen LogP contribution < -0.4 is 11.1 Å². The zero-order chi connectivity index (χ0) is 13.4. The molecule has 4 nitrogen and oxygen atoms in total. The summed E-state index contributed by atoms with van der Waals surface area (Å²) in [6, 6.07) is 10.1. The summed E-state index contributed by atoms with van der Waals surface area (Å²) in [6.07, 6.45) is 4.05. The van der Waals surface area contributed by atoms with Crippen molar-refractivity contribution in [2.24, 2.45) is 0 Å². The van der Waals surface area contributed by atoms with Crippen LogP contribution in [0.4, 0.5) is 11.5 Å². The summed E-state index contributed by atoms with van der Waals surface area (Å²) in [7, 11) is 1.87. The Morgan fingerprint density at radius 2 is 2.00 bits per heavy atom. The van der Waals surface area contributed by atoms with Crippen molar-refractivity contribution in [1.29, 1.82) is 0 Å². The number of hydrogen-bond acceptors (Lipinski definition) is 3. The summed E-state index contributed by atoms with van der Waals surface area (Å²) in [5.74, 6) is 0.862. The monoisotopic (exact) mass is 252 g/mol. The number of fused-ring (bicyclic) bond motifs is 1. The largest absolute Gasteiger partial charge is 0.399 e. The third-order valence-corrected chi connectivity index (χ3v) is 3.28. The van der Waals surface area contributed by atoms with Crippen LogP contribution in [0.3, 0.4) is 0 Å². The van der Waals surface area contributed by atoms with E-state index in [1.54, 1.807) is 0 Å². The molecule has 0 saturated carbocycles. The first-order valence-corrected chi connectivity index (χ1v) is 6.20. The Kier molecular flexibility index (Phi) is 2.63. The standard InChI is InChI=1S/C15H16N4/c1-10-3-5-12(16)7-13(10)11-4-6-15-18-14(17-2)9-19(15)8-11/h3-9,17H,16H2,1-2H3. The summed E-state index contributed by atoms with van der Waals surface area (Å²) in [6.45, 7) is 2.09. The highest BCUT2D eigenvalue weighted by molar-refractivity contribution is 5.71. The molecule has 1 aromatic carbocycles. The molecule has 0 saturated heterocycles. The molecule has 0 fully saturated rings. The van der Waals surface area contributed by atoms with E-state index in [0.29, 0.717) is 0 Å². The molecule has 3 aromatic rings. The smallest absolute Gasteiger partial charge is 0.145 e. The van der Waals surface area contributed by atoms with E-state index >= 15 is 0 Å². The predicted molar refractivity (Wildman–Crippen MR) is 79.3 cm³/mol. The van der Waals surface area contributed by atoms with Crippen molar-refractivity contribution in [3.05, 3.63) is 48.3 Å². The fourth-order valence-electron chi connectivity index (χ4n) is 2.22. The van der Waals surface area contributed by atoms with E-state index in [2.05, 4.69) is 29.5 Å². The molecule has 0 spiro atoms. The minimum atomic E-state index is 0.780. The van der Waals surface area contributed by atoms with Crippen molar-refractivity contribution < 1.29 is 0 Å². The number of nitrogens with one attached hydrogen (secondary N) is 1. The zero-order valence-corrected chi connectivity index (χ0v) is 11.0. The molecule has 0 aliphatic rings. The van der Waals surface area contributed by atoms with Gasteiger partial charge in [0, 0.05) is 18.9 Å². The maximum atomic E-state index is 5.87. The lowest BCUT2D eigenvalue weighted by molar-refractivity contribution is 1.19. The van der Waals surface area contributed by atoms with Crippen LogP contribution in [0, 0.1) is 6.92 Å². The molecule has 2 heterocycles. The highest BCUT2D eigenvalue weighted by atomic mass is 15.1. The van der Waals surface area contributed by atoms with Crippen LogP contribution >= 0.6 is 0 Å². The van der Waals surface area contributed by atoms with Crippen LogP contribution in [0.5, 0.6) is 0 Å². The number of nitrogens with zero attached hydrogens (tertiary/aromatic N) is 2. The van der Waals surface area contributed by atoms with E-state index in [9.17, 15) is 0 Å². The van der Waals surface area contributed by atoms with Crippen LogP contribution in [-0.2, 0) is 0 Å². The number of pyridine rings is 1. The molecule has 0 aliphatic heterocycles. The van der Waals surface area contributed by atoms with Crippen LogP contribution in [0.1, 0.15) is 5.56 Å². The third-order valence-electron chi connectivity index (χ3n) is 3.28. The van der Waals surface area contributed by atoms with Crippen LogP contribution in [0.15, 0.2) is 42.7 Å². The molecule has 3 rings (SSSR count). The van der Waals surface area contributed by atoms with Crippen LogP contribution in [0.25, 0.3) is 16.8 Å². The molecule has 96 valence electrons. The number of aryl methyl sites for hydroxylation is 1. The van der Waals surface area contributed by atoms with Gasteiger partial charge in [-0.05, 0) is 47.9 Å². The molecule has 0 atom stereocenters. The lowest BCUT2D eigenvalue weighted by Gasteiger charge is -2.07. The van der Waals surface area contributed by atoms with Gasteiger partial charge in [-0.1, -0.05) is 6.07 Å². The summed E-state index contributed by atoms with van der Waals surface area (Å²) in [5, 5.41) is 3.04. The minimum Gasteiger partial charge on any atom is -0.399 e. The molecule has 2 aromatic heterocycles. The summed E-state index contributed by atoms with van der Waals surface area (Å²) < 4.78 is 2.02. The molecule has 0 amide bonds. The zero-order valence-electron chi connectivity index (χ0n) is 11.0. The number of aromatic nitrogens is 2. The van der Waals surface area contributed by atoms with Crippen molar-refractivity contribution in [1.82, 2.24) is 9.38 Å². The molecule has 3 N–H and O–H groups in total. The van der Waals surface area contributed by atoms with Crippen molar-refractivity contribution >= 4 is 17.2 Å². The Morgan fingerprint density at radius 1 is 1.16 bits per heavy atom. The topological polar surface area (TPSA) is 55.3 Å². The Hall–Kier alpha value is -2.49. The van der Waals surface area contributed by atoms with Gasteiger partial charge in [-0.25, -0.2) is 4.98 Å². The van der Waals surface area contributed by atoms with Gasteiger partial charge in [-0.2, -0.15) is 0 Å². The van der Waals surface area contributed by atoms with Gasteiger partial charge in [0.05, 0.1) is 6.20 Å². The van der Waals surface area contributed by atoms with Crippen molar-refractivity contribution in [3.63, 3.8) is 0 Å². The molecule has 4 heteroatoms. The fourth-order valence-corrected chi connectivity index (χ4v) is 2.22. The van der Waals surface area contributed by atoms with Crippen molar-refractivity contribution in [2.45, 2.75) is 6.92 Å². The van der Waals surface area contributed by atoms with Gasteiger partial charge in [0.2, 0.25) is 0 Å². The first-order valence-electron chi connectivity index (χ1n) is 6.20. The number of hydrogen-bond donors (Lipinski definition) is 2. The number of imidazole rings is 1. The van der Waals surface area contributed by atoms with E-state index in [1.165, 1.54) is 5.56 Å².